The lowest BCUT2D eigenvalue weighted by Gasteiger charge is -2.48. The van der Waals surface area contributed by atoms with Crippen molar-refractivity contribution in [2.45, 2.75) is 291 Å². The third kappa shape index (κ3) is 28.6. The van der Waals surface area contributed by atoms with E-state index in [-0.39, 0.29) is 18.9 Å². The van der Waals surface area contributed by atoms with Crippen LogP contribution in [0.1, 0.15) is 187 Å². The zero-order valence-electron chi connectivity index (χ0n) is 49.4. The highest BCUT2D eigenvalue weighted by molar-refractivity contribution is 5.76. The van der Waals surface area contributed by atoms with Crippen LogP contribution in [-0.2, 0) is 33.2 Å². The summed E-state index contributed by atoms with van der Waals surface area (Å²) in [4.78, 5) is 13.3. The summed E-state index contributed by atoms with van der Waals surface area (Å²) in [6.45, 7) is 1.61. The predicted molar refractivity (Wildman–Crippen MR) is 314 cm³/mol. The molecule has 0 bridgehead atoms. The van der Waals surface area contributed by atoms with E-state index in [2.05, 4.69) is 92.1 Å². The minimum Gasteiger partial charge on any atom is -0.394 e. The standard InChI is InChI=1S/C63H109NO18/c1-3-5-7-9-11-13-14-15-16-17-18-19-20-21-22-23-24-25-26-27-28-29-30-31-32-33-35-37-39-41-51(69)64-46(47(68)40-38-36-34-12-10-8-6-4-2)45-77-61-57(75)54(72)59(49(43-66)79-61)82-63-58(76)55(73)60(50(44-67)80-63)81-62-56(74)53(71)52(70)48(42-65)78-62/h5,7,11,13,15-16,18-19,21-22,24-25,46-50,52-63,65-68,70-76H,3-4,6,8-10,12,14,17,20,23,26-45H2,1-2H3,(H,64,69)/b7-5-,13-11-,16-15-,19-18-,22-21-,25-24-. The summed E-state index contributed by atoms with van der Waals surface area (Å²) in [6, 6.07) is -0.891. The van der Waals surface area contributed by atoms with Crippen molar-refractivity contribution >= 4 is 5.91 Å². The van der Waals surface area contributed by atoms with E-state index in [9.17, 15) is 61.0 Å². The average molecular weight is 1170 g/mol. The van der Waals surface area contributed by atoms with E-state index in [1.54, 1.807) is 0 Å². The minimum absolute atomic E-state index is 0.255. The fourth-order valence-electron chi connectivity index (χ4n) is 10.2. The van der Waals surface area contributed by atoms with Crippen molar-refractivity contribution in [2.75, 3.05) is 26.4 Å². The van der Waals surface area contributed by atoms with Crippen LogP contribution in [0.4, 0.5) is 0 Å². The first-order valence-electron chi connectivity index (χ1n) is 31.2. The van der Waals surface area contributed by atoms with Crippen LogP contribution in [0.15, 0.2) is 72.9 Å². The van der Waals surface area contributed by atoms with E-state index in [0.29, 0.717) is 12.8 Å². The number of rotatable bonds is 45. The quantitative estimate of drug-likeness (QED) is 0.0238. The molecule has 3 fully saturated rings. The lowest BCUT2D eigenvalue weighted by atomic mass is 9.96. The number of nitrogens with one attached hydrogen (secondary N) is 1. The highest BCUT2D eigenvalue weighted by Crippen LogP contribution is 2.33. The molecular formula is C63H109NO18. The number of aliphatic hydroxyl groups is 11. The molecule has 1 amide bonds. The largest absolute Gasteiger partial charge is 0.394 e. The van der Waals surface area contributed by atoms with Crippen LogP contribution in [-0.4, -0.2) is 193 Å². The van der Waals surface area contributed by atoms with Gasteiger partial charge in [-0.1, -0.05) is 189 Å². The molecule has 0 saturated carbocycles. The summed E-state index contributed by atoms with van der Waals surface area (Å²) >= 11 is 0. The molecule has 474 valence electrons. The first-order chi connectivity index (χ1) is 39.8. The molecule has 3 rings (SSSR count). The van der Waals surface area contributed by atoms with E-state index in [0.717, 1.165) is 103 Å². The zero-order valence-corrected chi connectivity index (χ0v) is 49.4. The Morgan fingerprint density at radius 3 is 1.32 bits per heavy atom. The number of hydrogen-bond donors (Lipinski definition) is 12. The molecule has 82 heavy (non-hydrogen) atoms. The average Bonchev–Trinajstić information content (AvgIpc) is 3.60. The van der Waals surface area contributed by atoms with Crippen LogP contribution in [0.25, 0.3) is 0 Å². The highest BCUT2D eigenvalue weighted by Gasteiger charge is 2.53. The van der Waals surface area contributed by atoms with Crippen molar-refractivity contribution in [1.29, 1.82) is 0 Å². The lowest BCUT2D eigenvalue weighted by Crippen LogP contribution is -2.66. The minimum atomic E-state index is -1.97. The topological polar surface area (TPSA) is 307 Å². The maximum absolute atomic E-state index is 13.3. The molecule has 0 aromatic heterocycles. The van der Waals surface area contributed by atoms with Crippen molar-refractivity contribution in [3.63, 3.8) is 0 Å². The molecule has 12 N–H and O–H groups in total. The van der Waals surface area contributed by atoms with Gasteiger partial charge in [0, 0.05) is 6.42 Å². The van der Waals surface area contributed by atoms with Crippen molar-refractivity contribution in [3.8, 4) is 0 Å². The molecule has 0 aromatic carbocycles. The molecule has 0 spiro atoms. The van der Waals surface area contributed by atoms with Crippen LogP contribution in [0.2, 0.25) is 0 Å². The summed E-state index contributed by atoms with van der Waals surface area (Å²) in [5, 5.41) is 120. The van der Waals surface area contributed by atoms with E-state index in [1.807, 2.05) is 0 Å². The fourth-order valence-corrected chi connectivity index (χ4v) is 10.2. The number of amides is 1. The van der Waals surface area contributed by atoms with Gasteiger partial charge in [0.15, 0.2) is 18.9 Å². The second-order valence-corrected chi connectivity index (χ2v) is 22.1. The Morgan fingerprint density at radius 2 is 0.841 bits per heavy atom. The zero-order chi connectivity index (χ0) is 59.7. The van der Waals surface area contributed by atoms with Crippen molar-refractivity contribution < 1.29 is 89.4 Å². The number of ether oxygens (including phenoxy) is 6. The van der Waals surface area contributed by atoms with Gasteiger partial charge in [0.2, 0.25) is 5.91 Å². The second kappa shape index (κ2) is 45.5. The number of allylic oxidation sites excluding steroid dienone is 12. The van der Waals surface area contributed by atoms with Crippen molar-refractivity contribution in [1.82, 2.24) is 5.32 Å². The van der Waals surface area contributed by atoms with E-state index >= 15 is 0 Å². The van der Waals surface area contributed by atoms with Crippen LogP contribution >= 0.6 is 0 Å². The van der Waals surface area contributed by atoms with E-state index < -0.39 is 124 Å². The van der Waals surface area contributed by atoms with E-state index in [4.69, 9.17) is 28.4 Å². The monoisotopic (exact) mass is 1170 g/mol. The second-order valence-electron chi connectivity index (χ2n) is 22.1. The predicted octanol–water partition coefficient (Wildman–Crippen LogP) is 6.21. The van der Waals surface area contributed by atoms with Gasteiger partial charge in [-0.3, -0.25) is 4.79 Å². The Balaban J connectivity index is 1.38. The number of carbonyl (C=O) groups is 1. The molecule has 3 aliphatic rings. The Hall–Kier alpha value is -2.77. The van der Waals surface area contributed by atoms with Gasteiger partial charge in [-0.2, -0.15) is 0 Å². The van der Waals surface area contributed by atoms with Crippen LogP contribution in [0.5, 0.6) is 0 Å². The molecule has 3 heterocycles. The van der Waals surface area contributed by atoms with Gasteiger partial charge in [-0.15, -0.1) is 0 Å². The molecule has 17 atom stereocenters. The fraction of sp³-hybridized carbons (Fsp3) is 0.794. The molecule has 19 heteroatoms. The molecule has 0 aliphatic carbocycles. The van der Waals surface area contributed by atoms with Gasteiger partial charge in [0.25, 0.3) is 0 Å². The highest BCUT2D eigenvalue weighted by atomic mass is 16.8. The number of carbonyl (C=O) groups excluding carboxylic acids is 1. The van der Waals surface area contributed by atoms with Gasteiger partial charge < -0.3 is 89.9 Å². The van der Waals surface area contributed by atoms with Crippen LogP contribution in [0.3, 0.4) is 0 Å². The lowest BCUT2D eigenvalue weighted by molar-refractivity contribution is -0.379. The SMILES string of the molecule is CC/C=C\C/C=C\C/C=C\C/C=C\C/C=C\C/C=C\CCCCCCCCCCCCC(=O)NC(COC1OC(CO)C(OC2OC(CO)C(OC3OC(CO)C(O)C(O)C3O)C(O)C2O)C(O)C1O)C(O)CCCCCCCCCC. The number of aliphatic hydroxyl groups excluding tert-OH is 11. The summed E-state index contributed by atoms with van der Waals surface area (Å²) in [5.41, 5.74) is 0. The Morgan fingerprint density at radius 1 is 0.451 bits per heavy atom. The smallest absolute Gasteiger partial charge is 0.220 e. The number of hydrogen-bond acceptors (Lipinski definition) is 18. The Labute approximate surface area is 489 Å². The van der Waals surface area contributed by atoms with Gasteiger partial charge in [-0.05, 0) is 64.2 Å². The molecule has 3 saturated heterocycles. The van der Waals surface area contributed by atoms with Gasteiger partial charge in [0.05, 0.1) is 38.6 Å². The van der Waals surface area contributed by atoms with Gasteiger partial charge >= 0.3 is 0 Å². The van der Waals surface area contributed by atoms with Gasteiger partial charge in [0.1, 0.15) is 73.2 Å². The van der Waals surface area contributed by atoms with E-state index in [1.165, 1.54) is 51.4 Å². The summed E-state index contributed by atoms with van der Waals surface area (Å²) in [5.74, 6) is -0.255. The van der Waals surface area contributed by atoms with Crippen molar-refractivity contribution in [2.24, 2.45) is 0 Å². The third-order valence-corrected chi connectivity index (χ3v) is 15.3. The maximum atomic E-state index is 13.3. The molecule has 19 nitrogen and oxygen atoms in total. The third-order valence-electron chi connectivity index (χ3n) is 15.3. The molecule has 0 radical (unpaired) electrons. The number of unbranched alkanes of at least 4 members (excludes halogenated alkanes) is 17. The Kier molecular flexibility index (Phi) is 40.8. The van der Waals surface area contributed by atoms with Crippen molar-refractivity contribution in [3.05, 3.63) is 72.9 Å². The van der Waals surface area contributed by atoms with Crippen LogP contribution < -0.4 is 5.32 Å². The summed E-state index contributed by atoms with van der Waals surface area (Å²) in [6.07, 6.45) is 27.3. The summed E-state index contributed by atoms with van der Waals surface area (Å²) in [7, 11) is 0. The Bertz CT molecular complexity index is 1780. The normalized spacial score (nSPS) is 30.1. The molecule has 0 aromatic rings. The molecule has 17 unspecified atom stereocenters. The maximum Gasteiger partial charge on any atom is 0.220 e. The van der Waals surface area contributed by atoms with Crippen LogP contribution in [0, 0.1) is 0 Å². The first kappa shape index (κ1) is 73.5. The molecule has 3 aliphatic heterocycles. The summed E-state index contributed by atoms with van der Waals surface area (Å²) < 4.78 is 34.2. The first-order valence-corrected chi connectivity index (χ1v) is 31.2. The molecular weight excluding hydrogens is 1060 g/mol. The van der Waals surface area contributed by atoms with Gasteiger partial charge in [-0.25, -0.2) is 0 Å².